The molecule has 1 aliphatic rings. The Labute approximate surface area is 157 Å². The Morgan fingerprint density at radius 1 is 1.32 bits per heavy atom. The van der Waals surface area contributed by atoms with Crippen LogP contribution < -0.4 is 5.32 Å². The Morgan fingerprint density at radius 2 is 2.12 bits per heavy atom. The molecule has 1 unspecified atom stereocenters. The van der Waals surface area contributed by atoms with E-state index < -0.39 is 0 Å². The number of amides is 2. The second kappa shape index (κ2) is 9.92. The zero-order valence-corrected chi connectivity index (χ0v) is 16.1. The molecular weight excluding hydrogens is 360 g/mol. The molecule has 1 aliphatic heterocycles. The molecule has 1 aromatic heterocycles. The van der Waals surface area contributed by atoms with E-state index in [9.17, 15) is 14.4 Å². The zero-order chi connectivity index (χ0) is 18.2. The highest BCUT2D eigenvalue weighted by Crippen LogP contribution is 2.23. The van der Waals surface area contributed by atoms with Gasteiger partial charge in [0.25, 0.3) is 0 Å². The first kappa shape index (κ1) is 19.9. The SMILES string of the molecule is CCCCNC(=O)C1CCCN(C(=O)CCC(=O)c2ccc(Cl)s2)C1. The summed E-state index contributed by atoms with van der Waals surface area (Å²) in [4.78, 5) is 39.0. The van der Waals surface area contributed by atoms with Gasteiger partial charge in [0.1, 0.15) is 0 Å². The molecular formula is C18H25ClN2O3S. The van der Waals surface area contributed by atoms with Crippen LogP contribution in [0.1, 0.15) is 55.1 Å². The molecule has 1 atom stereocenters. The molecule has 2 heterocycles. The van der Waals surface area contributed by atoms with Crippen molar-refractivity contribution >= 4 is 40.5 Å². The fraction of sp³-hybridized carbons (Fsp3) is 0.611. The van der Waals surface area contributed by atoms with E-state index >= 15 is 0 Å². The first-order valence-corrected chi connectivity index (χ1v) is 10.0. The first-order chi connectivity index (χ1) is 12.0. The van der Waals surface area contributed by atoms with Gasteiger partial charge in [-0.25, -0.2) is 0 Å². The first-order valence-electron chi connectivity index (χ1n) is 8.85. The molecule has 1 aromatic rings. The lowest BCUT2D eigenvalue weighted by molar-refractivity contribution is -0.135. The zero-order valence-electron chi connectivity index (χ0n) is 14.6. The molecule has 2 amide bonds. The number of piperidine rings is 1. The summed E-state index contributed by atoms with van der Waals surface area (Å²) in [6.45, 7) is 3.89. The van der Waals surface area contributed by atoms with Crippen LogP contribution in [0.4, 0.5) is 0 Å². The lowest BCUT2D eigenvalue weighted by Gasteiger charge is -2.32. The minimum atomic E-state index is -0.138. The van der Waals surface area contributed by atoms with Crippen LogP contribution in [0.2, 0.25) is 4.34 Å². The van der Waals surface area contributed by atoms with E-state index in [-0.39, 0.29) is 36.4 Å². The summed E-state index contributed by atoms with van der Waals surface area (Å²) in [6, 6.07) is 3.38. The molecule has 0 radical (unpaired) electrons. The molecule has 7 heteroatoms. The quantitative estimate of drug-likeness (QED) is 0.550. The van der Waals surface area contributed by atoms with Crippen molar-refractivity contribution in [3.8, 4) is 0 Å². The molecule has 1 N–H and O–H groups in total. The molecule has 0 aliphatic carbocycles. The van der Waals surface area contributed by atoms with E-state index in [2.05, 4.69) is 12.2 Å². The van der Waals surface area contributed by atoms with Gasteiger partial charge in [0.05, 0.1) is 15.1 Å². The van der Waals surface area contributed by atoms with Gasteiger partial charge in [-0.05, 0) is 31.4 Å². The van der Waals surface area contributed by atoms with Gasteiger partial charge in [-0.1, -0.05) is 24.9 Å². The largest absolute Gasteiger partial charge is 0.356 e. The Balaban J connectivity index is 1.78. The maximum atomic E-state index is 12.4. The summed E-state index contributed by atoms with van der Waals surface area (Å²) in [5.74, 6) is -0.213. The summed E-state index contributed by atoms with van der Waals surface area (Å²) in [5.41, 5.74) is 0. The Kier molecular flexibility index (Phi) is 7.90. The van der Waals surface area contributed by atoms with Crippen molar-refractivity contribution in [3.63, 3.8) is 0 Å². The number of rotatable bonds is 8. The lowest BCUT2D eigenvalue weighted by atomic mass is 9.96. The van der Waals surface area contributed by atoms with Crippen molar-refractivity contribution in [2.24, 2.45) is 5.92 Å². The van der Waals surface area contributed by atoms with E-state index in [4.69, 9.17) is 11.6 Å². The topological polar surface area (TPSA) is 66.5 Å². The van der Waals surface area contributed by atoms with Crippen LogP contribution in [-0.2, 0) is 9.59 Å². The van der Waals surface area contributed by atoms with E-state index in [0.29, 0.717) is 28.8 Å². The highest BCUT2D eigenvalue weighted by atomic mass is 35.5. The summed E-state index contributed by atoms with van der Waals surface area (Å²) in [6.07, 6.45) is 4.01. The van der Waals surface area contributed by atoms with Crippen molar-refractivity contribution in [2.75, 3.05) is 19.6 Å². The van der Waals surface area contributed by atoms with Gasteiger partial charge in [-0.15, -0.1) is 11.3 Å². The van der Waals surface area contributed by atoms with Gasteiger partial charge < -0.3 is 10.2 Å². The van der Waals surface area contributed by atoms with Crippen LogP contribution in [0, 0.1) is 5.92 Å². The van der Waals surface area contributed by atoms with Crippen molar-refractivity contribution in [3.05, 3.63) is 21.3 Å². The summed E-state index contributed by atoms with van der Waals surface area (Å²) < 4.78 is 0.572. The molecule has 138 valence electrons. The predicted molar refractivity (Wildman–Crippen MR) is 100 cm³/mol. The third-order valence-corrected chi connectivity index (χ3v) is 5.66. The predicted octanol–water partition coefficient (Wildman–Crippen LogP) is 3.52. The third-order valence-electron chi connectivity index (χ3n) is 4.39. The van der Waals surface area contributed by atoms with Gasteiger partial charge in [0, 0.05) is 32.5 Å². The highest BCUT2D eigenvalue weighted by molar-refractivity contribution is 7.18. The molecule has 0 spiro atoms. The number of hydrogen-bond donors (Lipinski definition) is 1. The van der Waals surface area contributed by atoms with Crippen LogP contribution in [-0.4, -0.2) is 42.1 Å². The van der Waals surface area contributed by atoms with Crippen LogP contribution in [0.3, 0.4) is 0 Å². The molecule has 2 rings (SSSR count). The van der Waals surface area contributed by atoms with Crippen LogP contribution in [0.15, 0.2) is 12.1 Å². The van der Waals surface area contributed by atoms with E-state index in [0.717, 1.165) is 25.7 Å². The minimum Gasteiger partial charge on any atom is -0.356 e. The standard InChI is InChI=1S/C18H25ClN2O3S/c1-2-3-10-20-18(24)13-5-4-11-21(12-13)17(23)9-6-14(22)15-7-8-16(19)25-15/h7-8,13H,2-6,9-12H2,1H3,(H,20,24). The van der Waals surface area contributed by atoms with Crippen LogP contribution >= 0.6 is 22.9 Å². The molecule has 5 nitrogen and oxygen atoms in total. The monoisotopic (exact) mass is 384 g/mol. The van der Waals surface area contributed by atoms with Crippen molar-refractivity contribution in [2.45, 2.75) is 45.4 Å². The molecule has 1 saturated heterocycles. The van der Waals surface area contributed by atoms with E-state index in [1.165, 1.54) is 11.3 Å². The molecule has 0 saturated carbocycles. The number of likely N-dealkylation sites (tertiary alicyclic amines) is 1. The normalized spacial score (nSPS) is 17.4. The molecule has 0 aromatic carbocycles. The van der Waals surface area contributed by atoms with Crippen LogP contribution in [0.25, 0.3) is 0 Å². The number of nitrogens with one attached hydrogen (secondary N) is 1. The average molecular weight is 385 g/mol. The van der Waals surface area contributed by atoms with Crippen molar-refractivity contribution in [1.82, 2.24) is 10.2 Å². The van der Waals surface area contributed by atoms with Gasteiger partial charge >= 0.3 is 0 Å². The average Bonchev–Trinajstić information content (AvgIpc) is 3.06. The van der Waals surface area contributed by atoms with Gasteiger partial charge in [-0.3, -0.25) is 14.4 Å². The van der Waals surface area contributed by atoms with Crippen LogP contribution in [0.5, 0.6) is 0 Å². The van der Waals surface area contributed by atoms with E-state index in [1.807, 2.05) is 0 Å². The number of unbranched alkanes of at least 4 members (excludes halogenated alkanes) is 1. The maximum Gasteiger partial charge on any atom is 0.224 e. The number of carbonyl (C=O) groups excluding carboxylic acids is 3. The summed E-state index contributed by atoms with van der Waals surface area (Å²) in [7, 11) is 0. The highest BCUT2D eigenvalue weighted by Gasteiger charge is 2.28. The molecule has 1 fully saturated rings. The smallest absolute Gasteiger partial charge is 0.224 e. The number of carbonyl (C=O) groups is 3. The molecule has 0 bridgehead atoms. The van der Waals surface area contributed by atoms with E-state index in [1.54, 1.807) is 17.0 Å². The van der Waals surface area contributed by atoms with Gasteiger partial charge in [0.15, 0.2) is 5.78 Å². The summed E-state index contributed by atoms with van der Waals surface area (Å²) >= 11 is 7.07. The number of nitrogens with zero attached hydrogens (tertiary/aromatic N) is 1. The van der Waals surface area contributed by atoms with Crippen molar-refractivity contribution < 1.29 is 14.4 Å². The van der Waals surface area contributed by atoms with Gasteiger partial charge in [0.2, 0.25) is 11.8 Å². The Hall–Kier alpha value is -1.40. The number of Topliss-reactive ketones (excluding diaryl/α,β-unsaturated/α-hetero) is 1. The fourth-order valence-corrected chi connectivity index (χ4v) is 3.93. The molecule has 25 heavy (non-hydrogen) atoms. The Morgan fingerprint density at radius 3 is 2.80 bits per heavy atom. The second-order valence-electron chi connectivity index (χ2n) is 6.35. The second-order valence-corrected chi connectivity index (χ2v) is 8.07. The minimum absolute atomic E-state index is 0.0373. The lowest BCUT2D eigenvalue weighted by Crippen LogP contribution is -2.45. The van der Waals surface area contributed by atoms with Gasteiger partial charge in [-0.2, -0.15) is 0 Å². The number of thiophene rings is 1. The van der Waals surface area contributed by atoms with Crippen molar-refractivity contribution in [1.29, 1.82) is 0 Å². The number of halogens is 1. The maximum absolute atomic E-state index is 12.4. The third kappa shape index (κ3) is 6.12. The number of ketones is 1. The summed E-state index contributed by atoms with van der Waals surface area (Å²) in [5, 5.41) is 2.94. The number of hydrogen-bond acceptors (Lipinski definition) is 4. The Bertz CT molecular complexity index is 617. The fourth-order valence-electron chi connectivity index (χ4n) is 2.92.